The zero-order valence-corrected chi connectivity index (χ0v) is 16.6. The molecule has 0 amide bonds. The van der Waals surface area contributed by atoms with Gasteiger partial charge in [-0.15, -0.1) is 0 Å². The maximum atomic E-state index is 12.7. The van der Waals surface area contributed by atoms with Crippen molar-refractivity contribution in [3.05, 3.63) is 35.5 Å². The number of carbonyl (C=O) groups excluding carboxylic acids is 1. The van der Waals surface area contributed by atoms with Crippen LogP contribution >= 0.6 is 11.6 Å². The predicted molar refractivity (Wildman–Crippen MR) is 97.1 cm³/mol. The summed E-state index contributed by atoms with van der Waals surface area (Å²) in [5, 5.41) is 3.88. The largest absolute Gasteiger partial charge is 0.477 e. The van der Waals surface area contributed by atoms with E-state index in [1.54, 1.807) is 4.68 Å². The Morgan fingerprint density at radius 1 is 1.29 bits per heavy atom. The number of unbranched alkanes of at least 4 members (excludes halogenated alkanes) is 1. The zero-order valence-electron chi connectivity index (χ0n) is 15.8. The molecule has 0 fully saturated rings. The van der Waals surface area contributed by atoms with Gasteiger partial charge in [0.05, 0.1) is 12.2 Å². The van der Waals surface area contributed by atoms with Crippen molar-refractivity contribution in [2.24, 2.45) is 5.41 Å². The van der Waals surface area contributed by atoms with Crippen LogP contribution < -0.4 is 4.74 Å². The SMILES string of the molecule is CC(C)(C)C(=O)C(CCCCOc1ncc(C(F)(F)F)cc1Cl)n1cncn1. The quantitative estimate of drug-likeness (QED) is 0.578. The lowest BCUT2D eigenvalue weighted by atomic mass is 9.85. The number of aromatic nitrogens is 4. The van der Waals surface area contributed by atoms with Crippen molar-refractivity contribution in [2.75, 3.05) is 6.61 Å². The number of rotatable bonds is 8. The Morgan fingerprint density at radius 2 is 2.00 bits per heavy atom. The van der Waals surface area contributed by atoms with E-state index >= 15 is 0 Å². The summed E-state index contributed by atoms with van der Waals surface area (Å²) in [5.41, 5.74) is -1.45. The maximum Gasteiger partial charge on any atom is 0.417 e. The number of hydrogen-bond donors (Lipinski definition) is 0. The summed E-state index contributed by atoms with van der Waals surface area (Å²) >= 11 is 5.81. The number of Topliss-reactive ketones (excluding diaryl/α,β-unsaturated/α-hetero) is 1. The molecule has 0 aromatic carbocycles. The first kappa shape index (κ1) is 22.1. The maximum absolute atomic E-state index is 12.7. The van der Waals surface area contributed by atoms with Gasteiger partial charge in [-0.05, 0) is 25.3 Å². The second kappa shape index (κ2) is 8.89. The van der Waals surface area contributed by atoms with Crippen molar-refractivity contribution in [2.45, 2.75) is 52.3 Å². The highest BCUT2D eigenvalue weighted by molar-refractivity contribution is 6.31. The van der Waals surface area contributed by atoms with Gasteiger partial charge in [-0.1, -0.05) is 32.4 Å². The fourth-order valence-corrected chi connectivity index (χ4v) is 2.78. The van der Waals surface area contributed by atoms with Crippen LogP contribution in [0, 0.1) is 5.41 Å². The first-order valence-corrected chi connectivity index (χ1v) is 9.12. The third kappa shape index (κ3) is 5.92. The van der Waals surface area contributed by atoms with Crippen LogP contribution in [0.4, 0.5) is 13.2 Å². The molecule has 0 saturated carbocycles. The standard InChI is InChI=1S/C18H22ClF3N4O2/c1-17(2,3)15(27)14(26-11-23-10-25-26)6-4-5-7-28-16-13(19)8-12(9-24-16)18(20,21)22/h8-11,14H,4-7H2,1-3H3. The minimum Gasteiger partial charge on any atom is -0.477 e. The monoisotopic (exact) mass is 418 g/mol. The summed E-state index contributed by atoms with van der Waals surface area (Å²) in [6, 6.07) is 0.349. The van der Waals surface area contributed by atoms with E-state index in [1.807, 2.05) is 20.8 Å². The van der Waals surface area contributed by atoms with Gasteiger partial charge >= 0.3 is 6.18 Å². The van der Waals surface area contributed by atoms with Gasteiger partial charge in [0.2, 0.25) is 5.88 Å². The fraction of sp³-hybridized carbons (Fsp3) is 0.556. The van der Waals surface area contributed by atoms with Gasteiger partial charge in [-0.25, -0.2) is 14.6 Å². The van der Waals surface area contributed by atoms with Crippen molar-refractivity contribution in [1.29, 1.82) is 0 Å². The summed E-state index contributed by atoms with van der Waals surface area (Å²) in [6.07, 6.45) is 0.819. The summed E-state index contributed by atoms with van der Waals surface area (Å²) in [5.74, 6) is -0.000343. The van der Waals surface area contributed by atoms with Crippen molar-refractivity contribution < 1.29 is 22.7 Å². The summed E-state index contributed by atoms with van der Waals surface area (Å²) in [6.45, 7) is 5.76. The van der Waals surface area contributed by atoms with Crippen LogP contribution in [0.1, 0.15) is 51.6 Å². The molecule has 1 atom stereocenters. The van der Waals surface area contributed by atoms with Crippen LogP contribution in [0.2, 0.25) is 5.02 Å². The first-order valence-electron chi connectivity index (χ1n) is 8.74. The normalized spacial score (nSPS) is 13.4. The van der Waals surface area contributed by atoms with Gasteiger partial charge in [0.25, 0.3) is 0 Å². The van der Waals surface area contributed by atoms with Gasteiger partial charge in [0.1, 0.15) is 23.7 Å². The Balaban J connectivity index is 1.88. The minimum atomic E-state index is -4.51. The molecule has 0 radical (unpaired) electrons. The lowest BCUT2D eigenvalue weighted by molar-refractivity contribution is -0.137. The zero-order chi connectivity index (χ0) is 20.9. The molecule has 0 saturated heterocycles. The van der Waals surface area contributed by atoms with E-state index in [2.05, 4.69) is 15.1 Å². The molecule has 2 heterocycles. The van der Waals surface area contributed by atoms with Crippen molar-refractivity contribution in [1.82, 2.24) is 19.7 Å². The van der Waals surface area contributed by atoms with Crippen LogP contribution in [0.25, 0.3) is 0 Å². The van der Waals surface area contributed by atoms with Crippen LogP contribution in [-0.4, -0.2) is 32.1 Å². The molecule has 0 aliphatic rings. The van der Waals surface area contributed by atoms with Gasteiger partial charge in [0.15, 0.2) is 5.78 Å². The second-order valence-electron chi connectivity index (χ2n) is 7.36. The molecule has 28 heavy (non-hydrogen) atoms. The smallest absolute Gasteiger partial charge is 0.417 e. The van der Waals surface area contributed by atoms with Crippen LogP contribution in [0.15, 0.2) is 24.9 Å². The summed E-state index contributed by atoms with van der Waals surface area (Å²) in [7, 11) is 0. The van der Waals surface area contributed by atoms with Crippen molar-refractivity contribution in [3.8, 4) is 5.88 Å². The number of pyridine rings is 1. The van der Waals surface area contributed by atoms with Crippen molar-refractivity contribution in [3.63, 3.8) is 0 Å². The topological polar surface area (TPSA) is 69.9 Å². The predicted octanol–water partition coefficient (Wildman–Crippen LogP) is 4.75. The molecule has 2 aromatic heterocycles. The van der Waals surface area contributed by atoms with E-state index < -0.39 is 23.2 Å². The third-order valence-electron chi connectivity index (χ3n) is 4.04. The van der Waals surface area contributed by atoms with Gasteiger partial charge in [0, 0.05) is 11.6 Å². The molecule has 1 unspecified atom stereocenters. The van der Waals surface area contributed by atoms with Crippen molar-refractivity contribution >= 4 is 17.4 Å². The van der Waals surface area contributed by atoms with Gasteiger partial charge in [-0.2, -0.15) is 18.3 Å². The second-order valence-corrected chi connectivity index (χ2v) is 7.77. The molecule has 0 aliphatic carbocycles. The van der Waals surface area contributed by atoms with Gasteiger partial charge in [-0.3, -0.25) is 4.79 Å². The Labute approximate surface area is 166 Å². The average Bonchev–Trinajstić information content (AvgIpc) is 3.11. The van der Waals surface area contributed by atoms with Crippen LogP contribution in [-0.2, 0) is 11.0 Å². The number of halogens is 4. The lowest BCUT2D eigenvalue weighted by Crippen LogP contribution is -2.31. The van der Waals surface area contributed by atoms with E-state index in [0.29, 0.717) is 25.5 Å². The van der Waals surface area contributed by atoms with E-state index in [4.69, 9.17) is 16.3 Å². The molecule has 6 nitrogen and oxygen atoms in total. The Hall–Kier alpha value is -2.16. The molecule has 0 spiro atoms. The summed E-state index contributed by atoms with van der Waals surface area (Å²) < 4.78 is 44.8. The molecule has 0 aliphatic heterocycles. The lowest BCUT2D eigenvalue weighted by Gasteiger charge is -2.24. The molecular weight excluding hydrogens is 397 g/mol. The highest BCUT2D eigenvalue weighted by Crippen LogP contribution is 2.33. The first-order chi connectivity index (χ1) is 13.0. The Bertz CT molecular complexity index is 789. The summed E-state index contributed by atoms with van der Waals surface area (Å²) in [4.78, 5) is 20.2. The number of ketones is 1. The molecule has 154 valence electrons. The number of alkyl halides is 3. The molecule has 10 heteroatoms. The van der Waals surface area contributed by atoms with E-state index in [9.17, 15) is 18.0 Å². The van der Waals surface area contributed by atoms with E-state index in [1.165, 1.54) is 12.7 Å². The van der Waals surface area contributed by atoms with Crippen LogP contribution in [0.3, 0.4) is 0 Å². The molecule has 2 rings (SSSR count). The highest BCUT2D eigenvalue weighted by Gasteiger charge is 2.32. The number of carbonyl (C=O) groups is 1. The average molecular weight is 419 g/mol. The molecular formula is C18H22ClF3N4O2. The number of nitrogens with zero attached hydrogens (tertiary/aromatic N) is 4. The molecule has 0 bridgehead atoms. The molecule has 0 N–H and O–H groups in total. The highest BCUT2D eigenvalue weighted by atomic mass is 35.5. The number of ether oxygens (including phenoxy) is 1. The molecule has 2 aromatic rings. The van der Waals surface area contributed by atoms with Crippen LogP contribution in [0.5, 0.6) is 5.88 Å². The number of hydrogen-bond acceptors (Lipinski definition) is 5. The van der Waals surface area contributed by atoms with E-state index in [-0.39, 0.29) is 23.3 Å². The van der Waals surface area contributed by atoms with E-state index in [0.717, 1.165) is 6.07 Å². The Morgan fingerprint density at radius 3 is 2.54 bits per heavy atom. The Kier molecular flexibility index (Phi) is 7.03. The minimum absolute atomic E-state index is 0.0476. The third-order valence-corrected chi connectivity index (χ3v) is 4.31. The fourth-order valence-electron chi connectivity index (χ4n) is 2.56. The van der Waals surface area contributed by atoms with Gasteiger partial charge < -0.3 is 4.74 Å².